The lowest BCUT2D eigenvalue weighted by molar-refractivity contribution is 0.0526. The SMILES string of the molecule is CCOC(=O)c1ccccc1C1=C2C=CC(=N)C=C2Cc2cc(N)ccc21. The average Bonchev–Trinajstić information content (AvgIpc) is 2.66. The molecule has 0 aromatic heterocycles. The normalized spacial score (nSPS) is 15.1. The zero-order chi connectivity index (χ0) is 19.0. The van der Waals surface area contributed by atoms with E-state index in [1.54, 1.807) is 19.1 Å². The molecule has 2 aliphatic carbocycles. The third-order valence-electron chi connectivity index (χ3n) is 4.85. The van der Waals surface area contributed by atoms with Crippen molar-refractivity contribution in [2.24, 2.45) is 0 Å². The van der Waals surface area contributed by atoms with Gasteiger partial charge in [0.2, 0.25) is 0 Å². The van der Waals surface area contributed by atoms with Crippen molar-refractivity contribution < 1.29 is 9.53 Å². The van der Waals surface area contributed by atoms with Crippen molar-refractivity contribution in [3.05, 3.63) is 94.1 Å². The zero-order valence-corrected chi connectivity index (χ0v) is 15.1. The number of fused-ring (bicyclic) bond motifs is 2. The summed E-state index contributed by atoms with van der Waals surface area (Å²) in [6.07, 6.45) is 6.35. The lowest BCUT2D eigenvalue weighted by Crippen LogP contribution is -2.15. The van der Waals surface area contributed by atoms with Crippen LogP contribution in [-0.2, 0) is 11.2 Å². The van der Waals surface area contributed by atoms with Gasteiger partial charge in [0.05, 0.1) is 17.9 Å². The van der Waals surface area contributed by atoms with Crippen LogP contribution in [0, 0.1) is 5.41 Å². The van der Waals surface area contributed by atoms with Crippen LogP contribution in [0.5, 0.6) is 0 Å². The summed E-state index contributed by atoms with van der Waals surface area (Å²) >= 11 is 0. The van der Waals surface area contributed by atoms with Crippen molar-refractivity contribution in [2.45, 2.75) is 13.3 Å². The molecule has 0 saturated heterocycles. The first kappa shape index (κ1) is 17.0. The number of carbonyl (C=O) groups excluding carboxylic acids is 1. The number of hydrogen-bond acceptors (Lipinski definition) is 4. The van der Waals surface area contributed by atoms with Gasteiger partial charge in [-0.05, 0) is 77.1 Å². The number of esters is 1. The van der Waals surface area contributed by atoms with Gasteiger partial charge >= 0.3 is 5.97 Å². The summed E-state index contributed by atoms with van der Waals surface area (Å²) in [7, 11) is 0. The Kier molecular flexibility index (Phi) is 4.24. The predicted molar refractivity (Wildman–Crippen MR) is 108 cm³/mol. The Morgan fingerprint density at radius 3 is 2.78 bits per heavy atom. The van der Waals surface area contributed by atoms with Crippen molar-refractivity contribution in [2.75, 3.05) is 12.3 Å². The molecule has 0 aliphatic heterocycles. The topological polar surface area (TPSA) is 76.2 Å². The van der Waals surface area contributed by atoms with Gasteiger partial charge in [0, 0.05) is 5.69 Å². The number of anilines is 1. The van der Waals surface area contributed by atoms with E-state index in [2.05, 4.69) is 0 Å². The number of carbonyl (C=O) groups is 1. The Bertz CT molecular complexity index is 1060. The molecule has 2 aromatic carbocycles. The Balaban J connectivity index is 2.01. The van der Waals surface area contributed by atoms with E-state index < -0.39 is 0 Å². The van der Waals surface area contributed by atoms with Crippen LogP contribution >= 0.6 is 0 Å². The van der Waals surface area contributed by atoms with Crippen molar-refractivity contribution in [1.82, 2.24) is 0 Å². The van der Waals surface area contributed by atoms with Gasteiger partial charge in [0.1, 0.15) is 0 Å². The molecule has 2 aromatic rings. The fourth-order valence-corrected chi connectivity index (χ4v) is 3.72. The largest absolute Gasteiger partial charge is 0.462 e. The zero-order valence-electron chi connectivity index (χ0n) is 15.1. The van der Waals surface area contributed by atoms with E-state index >= 15 is 0 Å². The Labute approximate surface area is 158 Å². The highest BCUT2D eigenvalue weighted by Crippen LogP contribution is 2.42. The van der Waals surface area contributed by atoms with E-state index in [1.165, 1.54) is 0 Å². The quantitative estimate of drug-likeness (QED) is 0.635. The maximum atomic E-state index is 12.6. The minimum atomic E-state index is -0.332. The third kappa shape index (κ3) is 2.99. The van der Waals surface area contributed by atoms with Crippen LogP contribution in [0.15, 0.2) is 71.8 Å². The number of allylic oxidation sites excluding steroid dienone is 5. The number of nitrogen functional groups attached to an aromatic ring is 1. The summed E-state index contributed by atoms with van der Waals surface area (Å²) in [4.78, 5) is 12.6. The van der Waals surface area contributed by atoms with Gasteiger partial charge in [-0.1, -0.05) is 30.3 Å². The van der Waals surface area contributed by atoms with E-state index in [1.807, 2.05) is 48.6 Å². The number of rotatable bonds is 3. The van der Waals surface area contributed by atoms with Gasteiger partial charge in [-0.3, -0.25) is 0 Å². The van der Waals surface area contributed by atoms with Crippen molar-refractivity contribution in [3.8, 4) is 0 Å². The van der Waals surface area contributed by atoms with Crippen molar-refractivity contribution >= 4 is 22.9 Å². The summed E-state index contributed by atoms with van der Waals surface area (Å²) in [5.41, 5.74) is 13.8. The van der Waals surface area contributed by atoms with Crippen LogP contribution in [-0.4, -0.2) is 18.3 Å². The van der Waals surface area contributed by atoms with E-state index in [9.17, 15) is 4.79 Å². The number of nitrogens with two attached hydrogens (primary N) is 1. The molecule has 0 unspecified atom stereocenters. The highest BCUT2D eigenvalue weighted by molar-refractivity contribution is 6.08. The van der Waals surface area contributed by atoms with Crippen LogP contribution in [0.3, 0.4) is 0 Å². The van der Waals surface area contributed by atoms with Gasteiger partial charge in [0.15, 0.2) is 0 Å². The lowest BCUT2D eigenvalue weighted by Gasteiger charge is -2.27. The molecule has 0 radical (unpaired) electrons. The molecule has 0 spiro atoms. The van der Waals surface area contributed by atoms with Gasteiger partial charge in [-0.25, -0.2) is 4.79 Å². The molecule has 0 fully saturated rings. The number of hydrogen-bond donors (Lipinski definition) is 2. The number of benzene rings is 2. The molecule has 0 amide bonds. The average molecular weight is 356 g/mol. The van der Waals surface area contributed by atoms with Gasteiger partial charge in [0.25, 0.3) is 0 Å². The molecule has 0 heterocycles. The molecule has 4 nitrogen and oxygen atoms in total. The molecule has 4 rings (SSSR count). The van der Waals surface area contributed by atoms with Crippen LogP contribution in [0.1, 0.15) is 34.0 Å². The molecular formula is C23H20N2O2. The first-order valence-corrected chi connectivity index (χ1v) is 8.95. The van der Waals surface area contributed by atoms with Gasteiger partial charge < -0.3 is 15.9 Å². The first-order valence-electron chi connectivity index (χ1n) is 8.95. The van der Waals surface area contributed by atoms with E-state index in [0.717, 1.165) is 33.4 Å². The smallest absolute Gasteiger partial charge is 0.338 e. The summed E-state index contributed by atoms with van der Waals surface area (Å²) in [5, 5.41) is 7.99. The third-order valence-corrected chi connectivity index (χ3v) is 4.85. The second kappa shape index (κ2) is 6.72. The Hall–Kier alpha value is -3.40. The van der Waals surface area contributed by atoms with E-state index in [4.69, 9.17) is 15.9 Å². The second-order valence-corrected chi connectivity index (χ2v) is 6.61. The Morgan fingerprint density at radius 2 is 1.96 bits per heavy atom. The molecule has 134 valence electrons. The molecule has 0 saturated carbocycles. The fraction of sp³-hybridized carbons (Fsp3) is 0.130. The van der Waals surface area contributed by atoms with E-state index in [-0.39, 0.29) is 5.97 Å². The summed E-state index contributed by atoms with van der Waals surface area (Å²) in [6, 6.07) is 13.4. The standard InChI is InChI=1S/C23H20N2O2/c1-2-27-23(26)21-6-4-3-5-20(21)22-18-9-7-16(24)12-14(18)11-15-13-17(25)8-10-19(15)22/h3-10,12-13,24H,2,11,25H2,1H3. The van der Waals surface area contributed by atoms with Crippen molar-refractivity contribution in [1.29, 1.82) is 5.41 Å². The summed E-state index contributed by atoms with van der Waals surface area (Å²) < 4.78 is 5.27. The fourth-order valence-electron chi connectivity index (χ4n) is 3.72. The molecule has 4 heteroatoms. The number of ether oxygens (including phenoxy) is 1. The Morgan fingerprint density at radius 1 is 1.15 bits per heavy atom. The molecule has 27 heavy (non-hydrogen) atoms. The molecule has 0 atom stereocenters. The van der Waals surface area contributed by atoms with E-state index in [0.29, 0.717) is 30.0 Å². The summed E-state index contributed by atoms with van der Waals surface area (Å²) in [5.74, 6) is -0.332. The van der Waals surface area contributed by atoms with Gasteiger partial charge in [-0.2, -0.15) is 0 Å². The predicted octanol–water partition coefficient (Wildman–Crippen LogP) is 4.32. The van der Waals surface area contributed by atoms with Crippen molar-refractivity contribution in [3.63, 3.8) is 0 Å². The minimum absolute atomic E-state index is 0.328. The molecular weight excluding hydrogens is 336 g/mol. The highest BCUT2D eigenvalue weighted by atomic mass is 16.5. The van der Waals surface area contributed by atoms with Crippen LogP contribution in [0.2, 0.25) is 0 Å². The van der Waals surface area contributed by atoms with Gasteiger partial charge in [-0.15, -0.1) is 0 Å². The molecule has 2 aliphatic rings. The summed E-state index contributed by atoms with van der Waals surface area (Å²) in [6.45, 7) is 2.13. The highest BCUT2D eigenvalue weighted by Gasteiger charge is 2.27. The molecule has 0 bridgehead atoms. The van der Waals surface area contributed by atoms with Crippen LogP contribution < -0.4 is 5.73 Å². The van der Waals surface area contributed by atoms with Crippen LogP contribution in [0.25, 0.3) is 5.57 Å². The number of nitrogens with one attached hydrogen (secondary N) is 1. The monoisotopic (exact) mass is 356 g/mol. The maximum absolute atomic E-state index is 12.6. The molecule has 3 N–H and O–H groups in total. The second-order valence-electron chi connectivity index (χ2n) is 6.61. The first-order chi connectivity index (χ1) is 13.1. The lowest BCUT2D eigenvalue weighted by atomic mass is 9.76. The van der Waals surface area contributed by atoms with Crippen LogP contribution in [0.4, 0.5) is 5.69 Å². The minimum Gasteiger partial charge on any atom is -0.462 e. The maximum Gasteiger partial charge on any atom is 0.338 e.